The van der Waals surface area contributed by atoms with Crippen molar-refractivity contribution in [1.29, 1.82) is 0 Å². The second-order valence-corrected chi connectivity index (χ2v) is 0. The zero-order valence-corrected chi connectivity index (χ0v) is 8.98. The van der Waals surface area contributed by atoms with E-state index in [-0.39, 0.29) is 86.4 Å². The van der Waals surface area contributed by atoms with Gasteiger partial charge in [-0.1, -0.05) is 0 Å². The Morgan fingerprint density at radius 1 is 1.20 bits per heavy atom. The van der Waals surface area contributed by atoms with Crippen LogP contribution >= 0.6 is 0 Å². The molecule has 0 saturated heterocycles. The van der Waals surface area contributed by atoms with Crippen LogP contribution in [0.4, 0.5) is 0 Å². The number of hydrogen-bond acceptors (Lipinski definition) is 2. The van der Waals surface area contributed by atoms with Crippen molar-refractivity contribution in [3.05, 3.63) is 0 Å². The molecule has 0 aromatic rings. The molecule has 0 fully saturated rings. The Hall–Kier alpha value is 2.56. The van der Waals surface area contributed by atoms with Gasteiger partial charge >= 0.3 is 80.9 Å². The second kappa shape index (κ2) is 31.0. The molecule has 0 aromatic heterocycles. The van der Waals surface area contributed by atoms with Gasteiger partial charge in [-0.05, 0) is 0 Å². The maximum Gasteiger partial charge on any atom is 1.00 e. The maximum atomic E-state index is 8.25. The van der Waals surface area contributed by atoms with Crippen LogP contribution in [-0.2, 0) is 0 Å². The normalized spacial score (nSPS) is 1.20. The molecule has 0 saturated carbocycles. The molecular formula is CH4KNaO2. The standard InChI is InChI=1S/CH3O.K.Na.H2O/c1-2;;;/h1H3;;;1H2/q-1;2*+1;/p-1. The predicted molar refractivity (Wildman–Crippen MR) is 7.86 cm³/mol. The zero-order chi connectivity index (χ0) is 2.00. The summed E-state index contributed by atoms with van der Waals surface area (Å²) in [6.07, 6.45) is 0. The summed E-state index contributed by atoms with van der Waals surface area (Å²) >= 11 is 0. The van der Waals surface area contributed by atoms with Gasteiger partial charge in [0.25, 0.3) is 0 Å². The van der Waals surface area contributed by atoms with E-state index in [1.54, 1.807) is 0 Å². The van der Waals surface area contributed by atoms with E-state index in [9.17, 15) is 0 Å². The van der Waals surface area contributed by atoms with E-state index in [2.05, 4.69) is 0 Å². The van der Waals surface area contributed by atoms with Crippen molar-refractivity contribution in [3.63, 3.8) is 0 Å². The molecule has 0 spiro atoms. The van der Waals surface area contributed by atoms with E-state index in [1.165, 1.54) is 0 Å². The van der Waals surface area contributed by atoms with Gasteiger partial charge in [0.2, 0.25) is 0 Å². The minimum absolute atomic E-state index is 0. The Labute approximate surface area is 96.4 Å². The van der Waals surface area contributed by atoms with Crippen molar-refractivity contribution in [2.24, 2.45) is 0 Å². The van der Waals surface area contributed by atoms with Gasteiger partial charge in [-0.15, -0.1) is 0 Å². The van der Waals surface area contributed by atoms with Gasteiger partial charge < -0.3 is 10.6 Å². The molecule has 0 aliphatic carbocycles. The molecule has 0 aliphatic rings. The van der Waals surface area contributed by atoms with Crippen molar-refractivity contribution in [2.45, 2.75) is 0 Å². The molecular weight excluding hydrogens is 106 g/mol. The Balaban J connectivity index is -0.00000000167. The van der Waals surface area contributed by atoms with Crippen LogP contribution in [0.3, 0.4) is 0 Å². The first-order chi connectivity index (χ1) is 1.00. The molecule has 0 bridgehead atoms. The van der Waals surface area contributed by atoms with Crippen LogP contribution in [0.5, 0.6) is 0 Å². The second-order valence-electron chi connectivity index (χ2n) is 0. The quantitative estimate of drug-likeness (QED) is 0.291. The van der Waals surface area contributed by atoms with Crippen LogP contribution in [0.15, 0.2) is 0 Å². The zero-order valence-electron chi connectivity index (χ0n) is 3.86. The van der Waals surface area contributed by atoms with Crippen molar-refractivity contribution < 1.29 is 91.5 Å². The van der Waals surface area contributed by atoms with E-state index >= 15 is 0 Å². The van der Waals surface area contributed by atoms with Crippen LogP contribution in [0.25, 0.3) is 0 Å². The monoisotopic (exact) mass is 110 g/mol. The van der Waals surface area contributed by atoms with Crippen molar-refractivity contribution in [3.8, 4) is 0 Å². The molecule has 0 aromatic carbocycles. The average molecular weight is 110 g/mol. The molecule has 0 radical (unpaired) electrons. The Morgan fingerprint density at radius 2 is 1.20 bits per heavy atom. The minimum atomic E-state index is 0. The minimum Gasteiger partial charge on any atom is -0.870 e. The summed E-state index contributed by atoms with van der Waals surface area (Å²) in [6.45, 7) is 0. The third-order valence-electron chi connectivity index (χ3n) is 0. The first-order valence-corrected chi connectivity index (χ1v) is 0.408. The Morgan fingerprint density at radius 3 is 1.20 bits per heavy atom. The van der Waals surface area contributed by atoms with Crippen LogP contribution in [0.1, 0.15) is 0 Å². The van der Waals surface area contributed by atoms with Crippen LogP contribution in [-0.4, -0.2) is 12.6 Å². The predicted octanol–water partition coefficient (Wildman–Crippen LogP) is -7.19. The van der Waals surface area contributed by atoms with E-state index in [0.717, 1.165) is 7.11 Å². The molecule has 0 heterocycles. The molecule has 0 unspecified atom stereocenters. The first kappa shape index (κ1) is 25.7. The summed E-state index contributed by atoms with van der Waals surface area (Å²) < 4.78 is 0. The van der Waals surface area contributed by atoms with Crippen molar-refractivity contribution >= 4 is 0 Å². The Bertz CT molecular complexity index is 9.61. The molecule has 0 aliphatic heterocycles. The van der Waals surface area contributed by atoms with Gasteiger partial charge in [0.05, 0.1) is 0 Å². The van der Waals surface area contributed by atoms with Gasteiger partial charge in [0, 0.05) is 0 Å². The van der Waals surface area contributed by atoms with Crippen LogP contribution in [0, 0.1) is 0 Å². The summed E-state index contributed by atoms with van der Waals surface area (Å²) in [5.41, 5.74) is 0. The summed E-state index contributed by atoms with van der Waals surface area (Å²) in [4.78, 5) is 0. The fourth-order valence-corrected chi connectivity index (χ4v) is 0. The van der Waals surface area contributed by atoms with Crippen LogP contribution < -0.4 is 86.0 Å². The van der Waals surface area contributed by atoms with E-state index in [0.29, 0.717) is 0 Å². The van der Waals surface area contributed by atoms with Gasteiger partial charge in [-0.3, -0.25) is 0 Å². The molecule has 1 N–H and O–H groups in total. The Kier molecular flexibility index (Phi) is 159. The molecule has 0 rings (SSSR count). The number of hydrogen-bond donors (Lipinski definition) is 0. The van der Waals surface area contributed by atoms with Crippen LogP contribution in [0.2, 0.25) is 0 Å². The van der Waals surface area contributed by atoms with Gasteiger partial charge in [0.15, 0.2) is 0 Å². The number of rotatable bonds is 0. The van der Waals surface area contributed by atoms with E-state index in [1.807, 2.05) is 0 Å². The van der Waals surface area contributed by atoms with Crippen molar-refractivity contribution in [1.82, 2.24) is 0 Å². The summed E-state index contributed by atoms with van der Waals surface area (Å²) in [6, 6.07) is 0. The largest absolute Gasteiger partial charge is 1.00 e. The first-order valence-electron chi connectivity index (χ1n) is 0.408. The SMILES string of the molecule is C[O-].[K+].[Na+].[OH-]. The smallest absolute Gasteiger partial charge is 0.870 e. The fraction of sp³-hybridized carbons (Fsp3) is 1.00. The maximum absolute atomic E-state index is 8.25. The van der Waals surface area contributed by atoms with Gasteiger partial charge in [0.1, 0.15) is 0 Å². The van der Waals surface area contributed by atoms with Gasteiger partial charge in [-0.2, -0.15) is 7.11 Å². The summed E-state index contributed by atoms with van der Waals surface area (Å²) in [7, 11) is 0.750. The topological polar surface area (TPSA) is 53.1 Å². The average Bonchev–Trinajstić information content (AvgIpc) is 1.00. The molecule has 4 heteroatoms. The van der Waals surface area contributed by atoms with E-state index < -0.39 is 0 Å². The third-order valence-corrected chi connectivity index (χ3v) is 0. The molecule has 2 nitrogen and oxygen atoms in total. The summed E-state index contributed by atoms with van der Waals surface area (Å²) in [5.74, 6) is 0. The molecule has 0 amide bonds. The fourth-order valence-electron chi connectivity index (χ4n) is 0. The van der Waals surface area contributed by atoms with Crippen molar-refractivity contribution in [2.75, 3.05) is 7.11 Å². The van der Waals surface area contributed by atoms with E-state index in [4.69, 9.17) is 5.11 Å². The molecule has 22 valence electrons. The van der Waals surface area contributed by atoms with Gasteiger partial charge in [-0.25, -0.2) is 0 Å². The molecule has 5 heavy (non-hydrogen) atoms. The third kappa shape index (κ3) is 20.8. The molecule has 0 atom stereocenters. The summed E-state index contributed by atoms with van der Waals surface area (Å²) in [5, 5.41) is 8.25.